The van der Waals surface area contributed by atoms with Crippen molar-refractivity contribution in [3.05, 3.63) is 59.4 Å². The Morgan fingerprint density at radius 2 is 1.75 bits per heavy atom. The second kappa shape index (κ2) is 5.41. The molecule has 2 atom stereocenters. The highest BCUT2D eigenvalue weighted by Gasteiger charge is 2.36. The third-order valence-electron chi connectivity index (χ3n) is 4.81. The van der Waals surface area contributed by atoms with Crippen LogP contribution in [-0.4, -0.2) is 4.98 Å². The lowest BCUT2D eigenvalue weighted by Crippen LogP contribution is -2.22. The minimum Gasteiger partial charge on any atom is -0.352 e. The molecule has 1 fully saturated rings. The molecule has 1 aromatic heterocycles. The van der Waals surface area contributed by atoms with E-state index in [4.69, 9.17) is 0 Å². The van der Waals surface area contributed by atoms with Crippen LogP contribution in [0, 0.1) is 34.7 Å². The summed E-state index contributed by atoms with van der Waals surface area (Å²) in [4.78, 5) is 3.02. The Kier molecular flexibility index (Phi) is 3.34. The van der Waals surface area contributed by atoms with Crippen molar-refractivity contribution in [2.24, 2.45) is 5.92 Å². The van der Waals surface area contributed by atoms with Crippen LogP contribution < -0.4 is 0 Å². The zero-order chi connectivity index (χ0) is 16.8. The van der Waals surface area contributed by atoms with Crippen molar-refractivity contribution in [3.8, 4) is 17.3 Å². The van der Waals surface area contributed by atoms with E-state index < -0.39 is 11.6 Å². The molecular formula is C19H13F3N2. The summed E-state index contributed by atoms with van der Waals surface area (Å²) in [6.45, 7) is 0. The Hall–Kier alpha value is -2.74. The van der Waals surface area contributed by atoms with E-state index in [0.29, 0.717) is 16.6 Å². The Labute approximate surface area is 136 Å². The van der Waals surface area contributed by atoms with Gasteiger partial charge in [-0.1, -0.05) is 0 Å². The fourth-order valence-electron chi connectivity index (χ4n) is 3.47. The molecular weight excluding hydrogens is 313 g/mol. The fraction of sp³-hybridized carbons (Fsp3) is 0.211. The molecule has 1 aliphatic rings. The van der Waals surface area contributed by atoms with Crippen molar-refractivity contribution in [2.45, 2.75) is 18.8 Å². The van der Waals surface area contributed by atoms with Crippen LogP contribution in [0.25, 0.3) is 22.2 Å². The molecule has 120 valence electrons. The van der Waals surface area contributed by atoms with Crippen LogP contribution in [0.1, 0.15) is 24.3 Å². The molecule has 0 amide bonds. The first-order chi connectivity index (χ1) is 11.6. The van der Waals surface area contributed by atoms with Gasteiger partial charge in [-0.3, -0.25) is 0 Å². The van der Waals surface area contributed by atoms with Crippen molar-refractivity contribution < 1.29 is 13.2 Å². The fourth-order valence-corrected chi connectivity index (χ4v) is 3.47. The average molecular weight is 326 g/mol. The number of nitrogens with zero attached hydrogens (tertiary/aromatic N) is 1. The molecule has 1 saturated carbocycles. The largest absolute Gasteiger partial charge is 0.352 e. The first-order valence-corrected chi connectivity index (χ1v) is 7.74. The number of aromatic amines is 1. The maximum absolute atomic E-state index is 14.2. The van der Waals surface area contributed by atoms with Gasteiger partial charge in [0.15, 0.2) is 0 Å². The van der Waals surface area contributed by atoms with Gasteiger partial charge >= 0.3 is 0 Å². The first-order valence-electron chi connectivity index (χ1n) is 7.74. The Morgan fingerprint density at radius 3 is 2.38 bits per heavy atom. The lowest BCUT2D eigenvalue weighted by molar-refractivity contribution is 0.327. The van der Waals surface area contributed by atoms with Crippen LogP contribution >= 0.6 is 0 Å². The number of nitrogens with one attached hydrogen (secondary N) is 1. The Bertz CT molecular complexity index is 967. The number of nitriles is 1. The molecule has 1 heterocycles. The van der Waals surface area contributed by atoms with Gasteiger partial charge in [0.05, 0.1) is 23.2 Å². The van der Waals surface area contributed by atoms with Crippen LogP contribution in [0.3, 0.4) is 0 Å². The maximum Gasteiger partial charge on any atom is 0.150 e. The molecule has 1 aliphatic carbocycles. The van der Waals surface area contributed by atoms with E-state index in [1.807, 2.05) is 0 Å². The standard InChI is InChI=1S/C19H13F3N2/c20-12-4-1-10(2-5-12)18-17(14-6-3-11(14)9-23)15-7-13(21)8-16(22)19(15)24-18/h1-2,4-5,7-8,11,14,24H,3,6H2. The molecule has 0 spiro atoms. The Balaban J connectivity index is 2.00. The molecule has 2 aromatic carbocycles. The number of hydrogen-bond acceptors (Lipinski definition) is 1. The van der Waals surface area contributed by atoms with Gasteiger partial charge in [-0.15, -0.1) is 0 Å². The van der Waals surface area contributed by atoms with Crippen molar-refractivity contribution in [1.82, 2.24) is 4.98 Å². The number of benzene rings is 2. The lowest BCUT2D eigenvalue weighted by Gasteiger charge is -2.32. The number of H-pyrrole nitrogens is 1. The SMILES string of the molecule is N#CC1CCC1c1c(-c2ccc(F)cc2)[nH]c2c(F)cc(F)cc12. The third-order valence-corrected chi connectivity index (χ3v) is 4.81. The van der Waals surface area contributed by atoms with E-state index in [1.54, 1.807) is 12.1 Å². The van der Waals surface area contributed by atoms with Crippen molar-refractivity contribution in [1.29, 1.82) is 5.26 Å². The Morgan fingerprint density at radius 1 is 1.00 bits per heavy atom. The average Bonchev–Trinajstić information content (AvgIpc) is 2.87. The van der Waals surface area contributed by atoms with Crippen molar-refractivity contribution >= 4 is 10.9 Å². The van der Waals surface area contributed by atoms with E-state index in [2.05, 4.69) is 11.1 Å². The topological polar surface area (TPSA) is 39.6 Å². The van der Waals surface area contributed by atoms with Crippen LogP contribution in [0.2, 0.25) is 0 Å². The van der Waals surface area contributed by atoms with E-state index in [0.717, 1.165) is 24.5 Å². The van der Waals surface area contributed by atoms with Gasteiger partial charge < -0.3 is 4.98 Å². The third kappa shape index (κ3) is 2.18. The monoisotopic (exact) mass is 326 g/mol. The number of hydrogen-bond donors (Lipinski definition) is 1. The number of aromatic nitrogens is 1. The molecule has 2 unspecified atom stereocenters. The van der Waals surface area contributed by atoms with Crippen LogP contribution in [0.4, 0.5) is 13.2 Å². The zero-order valence-corrected chi connectivity index (χ0v) is 12.6. The molecule has 5 heteroatoms. The minimum atomic E-state index is -0.674. The summed E-state index contributed by atoms with van der Waals surface area (Å²) < 4.78 is 41.1. The smallest absolute Gasteiger partial charge is 0.150 e. The molecule has 4 rings (SSSR count). The van der Waals surface area contributed by atoms with Gasteiger partial charge in [0.2, 0.25) is 0 Å². The molecule has 2 nitrogen and oxygen atoms in total. The molecule has 24 heavy (non-hydrogen) atoms. The zero-order valence-electron chi connectivity index (χ0n) is 12.6. The van der Waals surface area contributed by atoms with Crippen molar-refractivity contribution in [2.75, 3.05) is 0 Å². The van der Waals surface area contributed by atoms with Crippen LogP contribution in [-0.2, 0) is 0 Å². The highest BCUT2D eigenvalue weighted by atomic mass is 19.1. The van der Waals surface area contributed by atoms with E-state index in [1.165, 1.54) is 18.2 Å². The van der Waals surface area contributed by atoms with Gasteiger partial charge in [0.25, 0.3) is 0 Å². The quantitative estimate of drug-likeness (QED) is 0.684. The first kappa shape index (κ1) is 14.8. The second-order valence-electron chi connectivity index (χ2n) is 6.15. The van der Waals surface area contributed by atoms with Gasteiger partial charge in [0, 0.05) is 17.4 Å². The van der Waals surface area contributed by atoms with Crippen LogP contribution in [0.5, 0.6) is 0 Å². The molecule has 3 aromatic rings. The predicted octanol–water partition coefficient (Wildman–Crippen LogP) is 5.27. The van der Waals surface area contributed by atoms with E-state index in [9.17, 15) is 18.4 Å². The lowest BCUT2D eigenvalue weighted by atomic mass is 9.69. The maximum atomic E-state index is 14.2. The summed E-state index contributed by atoms with van der Waals surface area (Å²) in [5, 5.41) is 9.73. The second-order valence-corrected chi connectivity index (χ2v) is 6.15. The number of halogens is 3. The van der Waals surface area contributed by atoms with Gasteiger partial charge in [-0.05, 0) is 54.3 Å². The normalized spacial score (nSPS) is 19.9. The van der Waals surface area contributed by atoms with Gasteiger partial charge in [-0.25, -0.2) is 13.2 Å². The summed E-state index contributed by atoms with van der Waals surface area (Å²) in [6, 6.07) is 10.2. The highest BCUT2D eigenvalue weighted by Crippen LogP contribution is 2.48. The predicted molar refractivity (Wildman–Crippen MR) is 84.7 cm³/mol. The highest BCUT2D eigenvalue weighted by molar-refractivity contribution is 5.92. The summed E-state index contributed by atoms with van der Waals surface area (Å²) in [7, 11) is 0. The molecule has 0 aliphatic heterocycles. The number of rotatable bonds is 2. The van der Waals surface area contributed by atoms with Crippen molar-refractivity contribution in [3.63, 3.8) is 0 Å². The van der Waals surface area contributed by atoms with Gasteiger partial charge in [0.1, 0.15) is 17.5 Å². The van der Waals surface area contributed by atoms with Crippen LogP contribution in [0.15, 0.2) is 36.4 Å². The summed E-state index contributed by atoms with van der Waals surface area (Å²) >= 11 is 0. The molecule has 0 bridgehead atoms. The molecule has 1 N–H and O–H groups in total. The van der Waals surface area contributed by atoms with Gasteiger partial charge in [-0.2, -0.15) is 5.26 Å². The molecule has 0 radical (unpaired) electrons. The summed E-state index contributed by atoms with van der Waals surface area (Å²) in [5.41, 5.74) is 2.27. The van der Waals surface area contributed by atoms with E-state index in [-0.39, 0.29) is 23.2 Å². The minimum absolute atomic E-state index is 0.0787. The summed E-state index contributed by atoms with van der Waals surface area (Å²) in [5.74, 6) is -1.95. The van der Waals surface area contributed by atoms with E-state index >= 15 is 0 Å². The molecule has 0 saturated heterocycles. The number of fused-ring (bicyclic) bond motifs is 1. The summed E-state index contributed by atoms with van der Waals surface area (Å²) in [6.07, 6.45) is 1.56.